The maximum atomic E-state index is 11.7. The van der Waals surface area contributed by atoms with Crippen molar-refractivity contribution in [1.82, 2.24) is 14.9 Å². The summed E-state index contributed by atoms with van der Waals surface area (Å²) in [6.07, 6.45) is 1.02. The molecule has 2 aromatic rings. The van der Waals surface area contributed by atoms with E-state index in [1.807, 2.05) is 4.90 Å². The first-order valence-electron chi connectivity index (χ1n) is 7.85. The lowest BCUT2D eigenvalue weighted by atomic mass is 9.96. The number of halogens is 2. The highest BCUT2D eigenvalue weighted by molar-refractivity contribution is 9.10. The summed E-state index contributed by atoms with van der Waals surface area (Å²) in [5, 5.41) is 20.4. The van der Waals surface area contributed by atoms with Gasteiger partial charge in [0.15, 0.2) is 0 Å². The Kier molecular flexibility index (Phi) is 6.39. The van der Waals surface area contributed by atoms with Crippen LogP contribution in [0.1, 0.15) is 18.4 Å². The lowest BCUT2D eigenvalue weighted by Gasteiger charge is -2.30. The van der Waals surface area contributed by atoms with Crippen LogP contribution in [0.25, 0.3) is 11.0 Å². The molecule has 0 atom stereocenters. The second-order valence-corrected chi connectivity index (χ2v) is 7.02. The molecule has 0 aliphatic carbocycles. The number of piperidine rings is 1. The maximum Gasteiger partial charge on any atom is 0.314 e. The van der Waals surface area contributed by atoms with Crippen LogP contribution in [0.5, 0.6) is 0 Å². The lowest BCUT2D eigenvalue weighted by Crippen LogP contribution is -2.36. The summed E-state index contributed by atoms with van der Waals surface area (Å²) in [5.41, 5.74) is -1.44. The molecular weight excluding hydrogens is 448 g/mol. The van der Waals surface area contributed by atoms with Crippen molar-refractivity contribution in [1.29, 1.82) is 0 Å². The lowest BCUT2D eigenvalue weighted by molar-refractivity contribution is -0.384. The zero-order chi connectivity index (χ0) is 19.0. The van der Waals surface area contributed by atoms with E-state index in [4.69, 9.17) is 5.11 Å². The summed E-state index contributed by atoms with van der Waals surface area (Å²) in [5.74, 6) is -1.18. The number of carboxylic acids is 1. The number of nitrogens with one attached hydrogen (secondary N) is 2. The number of likely N-dealkylation sites (tertiary alicyclic amines) is 1. The quantitative estimate of drug-likeness (QED) is 0.354. The van der Waals surface area contributed by atoms with E-state index in [9.17, 15) is 24.5 Å². The van der Waals surface area contributed by atoms with Gasteiger partial charge in [0.2, 0.25) is 0 Å². The molecule has 0 spiro atoms. The number of fused-ring (bicyclic) bond motifs is 1. The molecule has 1 aromatic heterocycles. The second kappa shape index (κ2) is 8.19. The van der Waals surface area contributed by atoms with Crippen molar-refractivity contribution >= 4 is 51.0 Å². The Bertz CT molecular complexity index is 1010. The maximum absolute atomic E-state index is 11.7. The average molecular weight is 464 g/mol. The highest BCUT2D eigenvalue weighted by Gasteiger charge is 2.27. The predicted molar refractivity (Wildman–Crippen MR) is 102 cm³/mol. The number of carbonyl (C=O) groups is 1. The number of aromatic nitrogens is 2. The number of nitro groups is 1. The number of nitrogens with zero attached hydrogens (tertiary/aromatic N) is 2. The zero-order valence-electron chi connectivity index (χ0n) is 13.9. The normalized spacial score (nSPS) is 15.4. The van der Waals surface area contributed by atoms with Gasteiger partial charge in [-0.05, 0) is 53.5 Å². The highest BCUT2D eigenvalue weighted by atomic mass is 79.9. The molecule has 0 amide bonds. The highest BCUT2D eigenvalue weighted by Crippen LogP contribution is 2.34. The van der Waals surface area contributed by atoms with Crippen LogP contribution in [-0.2, 0) is 11.3 Å². The third kappa shape index (κ3) is 4.20. The largest absolute Gasteiger partial charge is 0.481 e. The van der Waals surface area contributed by atoms with Crippen LogP contribution in [-0.4, -0.2) is 44.0 Å². The molecule has 0 unspecified atom stereocenters. The van der Waals surface area contributed by atoms with Crippen LogP contribution in [0.4, 0.5) is 5.69 Å². The van der Waals surface area contributed by atoms with Gasteiger partial charge in [0, 0.05) is 6.54 Å². The molecule has 10 nitrogen and oxygen atoms in total. The van der Waals surface area contributed by atoms with Gasteiger partial charge in [-0.2, -0.15) is 0 Å². The van der Waals surface area contributed by atoms with Gasteiger partial charge in [0.25, 0.3) is 0 Å². The fourth-order valence-corrected chi connectivity index (χ4v) is 3.80. The molecule has 146 valence electrons. The van der Waals surface area contributed by atoms with Crippen LogP contribution < -0.4 is 11.1 Å². The SMILES string of the molecule is Cl.O=C(O)C1CCN(Cc2cc(Br)c([N+](=O)[O-])c3[nH]c(=O)c(=O)[nH]c23)CC1. The third-order valence-electron chi connectivity index (χ3n) is 4.53. The van der Waals surface area contributed by atoms with Crippen LogP contribution in [0, 0.1) is 16.0 Å². The molecule has 0 saturated carbocycles. The molecule has 1 saturated heterocycles. The fraction of sp³-hybridized carbons (Fsp3) is 0.400. The van der Waals surface area contributed by atoms with Crippen LogP contribution in [0.3, 0.4) is 0 Å². The summed E-state index contributed by atoms with van der Waals surface area (Å²) >= 11 is 3.15. The Hall–Kier alpha value is -2.24. The van der Waals surface area contributed by atoms with Crippen molar-refractivity contribution < 1.29 is 14.8 Å². The zero-order valence-corrected chi connectivity index (χ0v) is 16.3. The molecule has 1 aliphatic rings. The molecule has 2 heterocycles. The van der Waals surface area contributed by atoms with Crippen molar-refractivity contribution in [2.75, 3.05) is 13.1 Å². The molecule has 1 fully saturated rings. The van der Waals surface area contributed by atoms with Crippen LogP contribution in [0.2, 0.25) is 0 Å². The first-order chi connectivity index (χ1) is 12.3. The number of rotatable bonds is 4. The van der Waals surface area contributed by atoms with Crippen LogP contribution in [0.15, 0.2) is 20.1 Å². The standard InChI is InChI=1S/C15H15BrN4O6.ClH/c16-9-5-8(6-19-3-1-7(2-4-19)15(23)24)10-11(12(9)20(25)26)18-14(22)13(21)17-10;/h5,7H,1-4,6H2,(H,17,21)(H,18,22)(H,23,24);1H. The second-order valence-electron chi connectivity index (χ2n) is 6.17. The van der Waals surface area contributed by atoms with Gasteiger partial charge in [-0.1, -0.05) is 0 Å². The smallest absolute Gasteiger partial charge is 0.314 e. The third-order valence-corrected chi connectivity index (χ3v) is 5.14. The van der Waals surface area contributed by atoms with E-state index in [2.05, 4.69) is 25.9 Å². The number of aliphatic carboxylic acids is 1. The van der Waals surface area contributed by atoms with Gasteiger partial charge in [-0.25, -0.2) is 0 Å². The van der Waals surface area contributed by atoms with Gasteiger partial charge in [-0.15, -0.1) is 12.4 Å². The summed E-state index contributed by atoms with van der Waals surface area (Å²) in [6.45, 7) is 1.47. The van der Waals surface area contributed by atoms with E-state index < -0.39 is 22.0 Å². The number of aromatic amines is 2. The predicted octanol–water partition coefficient (Wildman–Crippen LogP) is 1.61. The summed E-state index contributed by atoms with van der Waals surface area (Å²) in [4.78, 5) is 51.8. The van der Waals surface area contributed by atoms with E-state index in [0.717, 1.165) is 0 Å². The van der Waals surface area contributed by atoms with Gasteiger partial charge in [0.1, 0.15) is 5.52 Å². The number of H-pyrrole nitrogens is 2. The number of benzene rings is 1. The molecular formula is C15H16BrClN4O6. The fourth-order valence-electron chi connectivity index (χ4n) is 3.18. The summed E-state index contributed by atoms with van der Waals surface area (Å²) in [6, 6.07) is 1.54. The number of hydrogen-bond donors (Lipinski definition) is 3. The topological polar surface area (TPSA) is 149 Å². The Morgan fingerprint density at radius 1 is 1.26 bits per heavy atom. The number of nitro benzene ring substituents is 1. The number of carboxylic acid groups (broad SMARTS) is 1. The van der Waals surface area contributed by atoms with Crippen molar-refractivity contribution in [3.8, 4) is 0 Å². The molecule has 27 heavy (non-hydrogen) atoms. The van der Waals surface area contributed by atoms with Crippen molar-refractivity contribution in [3.05, 3.63) is 46.9 Å². The Balaban J connectivity index is 0.00000261. The number of hydrogen-bond acceptors (Lipinski definition) is 6. The van der Waals surface area contributed by atoms with E-state index in [1.54, 1.807) is 0 Å². The summed E-state index contributed by atoms with van der Waals surface area (Å²) in [7, 11) is 0. The molecule has 0 radical (unpaired) electrons. The van der Waals surface area contributed by atoms with Crippen LogP contribution >= 0.6 is 28.3 Å². The first kappa shape index (κ1) is 21.1. The molecule has 1 aromatic carbocycles. The van der Waals surface area contributed by atoms with Crippen molar-refractivity contribution in [3.63, 3.8) is 0 Å². The Morgan fingerprint density at radius 3 is 2.33 bits per heavy atom. The van der Waals surface area contributed by atoms with E-state index in [1.165, 1.54) is 6.07 Å². The minimum absolute atomic E-state index is 0. The van der Waals surface area contributed by atoms with E-state index >= 15 is 0 Å². The van der Waals surface area contributed by atoms with E-state index in [-0.39, 0.29) is 39.5 Å². The minimum Gasteiger partial charge on any atom is -0.481 e. The molecule has 3 N–H and O–H groups in total. The van der Waals surface area contributed by atoms with Gasteiger partial charge >= 0.3 is 22.8 Å². The average Bonchev–Trinajstić information content (AvgIpc) is 2.57. The van der Waals surface area contributed by atoms with Gasteiger partial charge in [0.05, 0.1) is 20.8 Å². The van der Waals surface area contributed by atoms with Gasteiger partial charge < -0.3 is 15.1 Å². The Morgan fingerprint density at radius 2 is 1.81 bits per heavy atom. The van der Waals surface area contributed by atoms with E-state index in [0.29, 0.717) is 38.0 Å². The molecule has 0 bridgehead atoms. The molecule has 1 aliphatic heterocycles. The molecule has 12 heteroatoms. The Labute approximate surface area is 166 Å². The molecule has 3 rings (SSSR count). The monoisotopic (exact) mass is 462 g/mol. The first-order valence-corrected chi connectivity index (χ1v) is 8.64. The minimum atomic E-state index is -0.966. The summed E-state index contributed by atoms with van der Waals surface area (Å²) < 4.78 is 0.188. The van der Waals surface area contributed by atoms with Gasteiger partial charge in [-0.3, -0.25) is 29.4 Å². The van der Waals surface area contributed by atoms with Crippen molar-refractivity contribution in [2.24, 2.45) is 5.92 Å². The van der Waals surface area contributed by atoms with Crippen molar-refractivity contribution in [2.45, 2.75) is 19.4 Å².